The fraction of sp³-hybridized carbons (Fsp3) is 0.625. The second kappa shape index (κ2) is 6.54. The standard InChI is InChI=1S/C16H21F4NO/c1-2-15(11-22)6-3-7-21(10-15)9-12-4-5-14(17)13(8-12)16(18,19)20/h4-5,8,22H,2-3,6-7,9-11H2,1H3/t15-/m1/s1. The monoisotopic (exact) mass is 319 g/mol. The van der Waals surface area contributed by atoms with Crippen LogP contribution in [0.25, 0.3) is 0 Å². The first-order chi connectivity index (χ1) is 10.3. The molecule has 1 aromatic carbocycles. The van der Waals surface area contributed by atoms with Crippen LogP contribution in [-0.4, -0.2) is 29.7 Å². The van der Waals surface area contributed by atoms with Gasteiger partial charge in [-0.15, -0.1) is 0 Å². The Morgan fingerprint density at radius 3 is 2.64 bits per heavy atom. The summed E-state index contributed by atoms with van der Waals surface area (Å²) in [6.45, 7) is 3.86. The smallest absolute Gasteiger partial charge is 0.396 e. The number of nitrogens with zero attached hydrogens (tertiary/aromatic N) is 1. The molecule has 0 radical (unpaired) electrons. The summed E-state index contributed by atoms with van der Waals surface area (Å²) in [5, 5.41) is 9.59. The van der Waals surface area contributed by atoms with E-state index < -0.39 is 17.6 Å². The van der Waals surface area contributed by atoms with Crippen molar-refractivity contribution in [3.63, 3.8) is 0 Å². The van der Waals surface area contributed by atoms with Crippen LogP contribution in [0.2, 0.25) is 0 Å². The van der Waals surface area contributed by atoms with Gasteiger partial charge in [-0.2, -0.15) is 13.2 Å². The van der Waals surface area contributed by atoms with Crippen LogP contribution in [0, 0.1) is 11.2 Å². The van der Waals surface area contributed by atoms with E-state index in [4.69, 9.17) is 0 Å². The number of halogens is 4. The molecule has 1 fully saturated rings. The predicted octanol–water partition coefficient (Wildman–Crippen LogP) is 3.83. The third kappa shape index (κ3) is 3.79. The summed E-state index contributed by atoms with van der Waals surface area (Å²) in [7, 11) is 0. The lowest BCUT2D eigenvalue weighted by atomic mass is 9.78. The molecule has 1 heterocycles. The van der Waals surface area contributed by atoms with Gasteiger partial charge in [0.1, 0.15) is 5.82 Å². The molecular weight excluding hydrogens is 298 g/mol. The highest BCUT2D eigenvalue weighted by atomic mass is 19.4. The highest BCUT2D eigenvalue weighted by Gasteiger charge is 2.35. The number of hydrogen-bond donors (Lipinski definition) is 1. The summed E-state index contributed by atoms with van der Waals surface area (Å²) >= 11 is 0. The number of rotatable bonds is 4. The maximum atomic E-state index is 13.3. The minimum Gasteiger partial charge on any atom is -0.396 e. The lowest BCUT2D eigenvalue weighted by Crippen LogP contribution is -2.44. The molecule has 22 heavy (non-hydrogen) atoms. The highest BCUT2D eigenvalue weighted by molar-refractivity contribution is 5.27. The zero-order valence-corrected chi connectivity index (χ0v) is 12.6. The van der Waals surface area contributed by atoms with Gasteiger partial charge in [0.15, 0.2) is 0 Å². The van der Waals surface area contributed by atoms with Gasteiger partial charge in [0.05, 0.1) is 5.56 Å². The van der Waals surface area contributed by atoms with Crippen molar-refractivity contribution in [1.82, 2.24) is 4.90 Å². The van der Waals surface area contributed by atoms with E-state index in [1.807, 2.05) is 11.8 Å². The lowest BCUT2D eigenvalue weighted by Gasteiger charge is -2.41. The minimum absolute atomic E-state index is 0.0806. The second-order valence-corrected chi connectivity index (χ2v) is 6.14. The number of aliphatic hydroxyl groups excluding tert-OH is 1. The summed E-state index contributed by atoms with van der Waals surface area (Å²) in [5.41, 5.74) is -0.949. The van der Waals surface area contributed by atoms with E-state index in [0.29, 0.717) is 18.7 Å². The average molecular weight is 319 g/mol. The van der Waals surface area contributed by atoms with Crippen molar-refractivity contribution in [2.75, 3.05) is 19.7 Å². The number of benzene rings is 1. The Labute approximate surface area is 127 Å². The Kier molecular flexibility index (Phi) is 5.12. The van der Waals surface area contributed by atoms with E-state index in [-0.39, 0.29) is 12.0 Å². The number of hydrogen-bond acceptors (Lipinski definition) is 2. The molecule has 1 aromatic rings. The van der Waals surface area contributed by atoms with Gasteiger partial charge in [-0.1, -0.05) is 13.0 Å². The molecule has 0 saturated carbocycles. The topological polar surface area (TPSA) is 23.5 Å². The molecule has 0 bridgehead atoms. The Hall–Kier alpha value is -1.14. The van der Waals surface area contributed by atoms with Gasteiger partial charge in [0.25, 0.3) is 0 Å². The normalized spacial score (nSPS) is 23.7. The number of piperidine rings is 1. The third-order valence-corrected chi connectivity index (χ3v) is 4.57. The molecule has 2 rings (SSSR count). The molecular formula is C16H21F4NO. The maximum Gasteiger partial charge on any atom is 0.419 e. The van der Waals surface area contributed by atoms with E-state index in [0.717, 1.165) is 37.9 Å². The molecule has 0 amide bonds. The zero-order valence-electron chi connectivity index (χ0n) is 12.6. The molecule has 1 aliphatic heterocycles. The Bertz CT molecular complexity index is 511. The molecule has 2 nitrogen and oxygen atoms in total. The summed E-state index contributed by atoms with van der Waals surface area (Å²) in [4.78, 5) is 2.04. The van der Waals surface area contributed by atoms with E-state index in [9.17, 15) is 22.7 Å². The first kappa shape index (κ1) is 17.2. The van der Waals surface area contributed by atoms with Crippen molar-refractivity contribution < 1.29 is 22.7 Å². The molecule has 0 spiro atoms. The maximum absolute atomic E-state index is 13.3. The summed E-state index contributed by atoms with van der Waals surface area (Å²) < 4.78 is 51.6. The summed E-state index contributed by atoms with van der Waals surface area (Å²) in [6, 6.07) is 3.16. The van der Waals surface area contributed by atoms with Gasteiger partial charge in [-0.3, -0.25) is 4.90 Å². The quantitative estimate of drug-likeness (QED) is 0.853. The Morgan fingerprint density at radius 2 is 2.05 bits per heavy atom. The van der Waals surface area contributed by atoms with Gasteiger partial charge in [0, 0.05) is 25.1 Å². The summed E-state index contributed by atoms with van der Waals surface area (Å²) in [5.74, 6) is -1.24. The SMILES string of the molecule is CC[C@@]1(CO)CCCN(Cc2ccc(F)c(C(F)(F)F)c2)C1. The lowest BCUT2D eigenvalue weighted by molar-refractivity contribution is -0.140. The van der Waals surface area contributed by atoms with Crippen LogP contribution >= 0.6 is 0 Å². The van der Waals surface area contributed by atoms with E-state index >= 15 is 0 Å². The molecule has 0 aliphatic carbocycles. The fourth-order valence-corrected chi connectivity index (χ4v) is 3.12. The largest absolute Gasteiger partial charge is 0.419 e. The molecule has 6 heteroatoms. The Morgan fingerprint density at radius 1 is 1.32 bits per heavy atom. The van der Waals surface area contributed by atoms with Crippen LogP contribution in [0.5, 0.6) is 0 Å². The van der Waals surface area contributed by atoms with Gasteiger partial charge in [-0.05, 0) is 43.5 Å². The predicted molar refractivity (Wildman–Crippen MR) is 75.7 cm³/mol. The van der Waals surface area contributed by atoms with Crippen molar-refractivity contribution in [3.05, 3.63) is 35.1 Å². The van der Waals surface area contributed by atoms with Crippen LogP contribution in [0.3, 0.4) is 0 Å². The molecule has 1 saturated heterocycles. The van der Waals surface area contributed by atoms with Crippen LogP contribution in [-0.2, 0) is 12.7 Å². The van der Waals surface area contributed by atoms with E-state index in [1.54, 1.807) is 0 Å². The molecule has 0 unspecified atom stereocenters. The molecule has 0 aromatic heterocycles. The minimum atomic E-state index is -4.68. The fourth-order valence-electron chi connectivity index (χ4n) is 3.12. The second-order valence-electron chi connectivity index (χ2n) is 6.14. The molecule has 1 aliphatic rings. The van der Waals surface area contributed by atoms with Crippen LogP contribution < -0.4 is 0 Å². The van der Waals surface area contributed by atoms with Crippen molar-refractivity contribution in [2.24, 2.45) is 5.41 Å². The van der Waals surface area contributed by atoms with Gasteiger partial charge >= 0.3 is 6.18 Å². The number of likely N-dealkylation sites (tertiary alicyclic amines) is 1. The Balaban J connectivity index is 2.14. The van der Waals surface area contributed by atoms with E-state index in [2.05, 4.69) is 0 Å². The van der Waals surface area contributed by atoms with Crippen molar-refractivity contribution in [3.8, 4) is 0 Å². The van der Waals surface area contributed by atoms with Crippen molar-refractivity contribution >= 4 is 0 Å². The zero-order chi connectivity index (χ0) is 16.4. The van der Waals surface area contributed by atoms with Crippen LogP contribution in [0.1, 0.15) is 37.3 Å². The first-order valence-corrected chi connectivity index (χ1v) is 7.48. The first-order valence-electron chi connectivity index (χ1n) is 7.48. The third-order valence-electron chi connectivity index (χ3n) is 4.57. The highest BCUT2D eigenvalue weighted by Crippen LogP contribution is 2.35. The molecule has 124 valence electrons. The van der Waals surface area contributed by atoms with E-state index in [1.165, 1.54) is 6.07 Å². The summed E-state index contributed by atoms with van der Waals surface area (Å²) in [6.07, 6.45) is -2.02. The van der Waals surface area contributed by atoms with Crippen molar-refractivity contribution in [2.45, 2.75) is 38.9 Å². The van der Waals surface area contributed by atoms with Crippen molar-refractivity contribution in [1.29, 1.82) is 0 Å². The molecule has 1 atom stereocenters. The van der Waals surface area contributed by atoms with Gasteiger partial charge < -0.3 is 5.11 Å². The van der Waals surface area contributed by atoms with Crippen LogP contribution in [0.15, 0.2) is 18.2 Å². The van der Waals surface area contributed by atoms with Crippen LogP contribution in [0.4, 0.5) is 17.6 Å². The number of aliphatic hydroxyl groups is 1. The molecule has 1 N–H and O–H groups in total. The average Bonchev–Trinajstić information content (AvgIpc) is 2.48. The van der Waals surface area contributed by atoms with Gasteiger partial charge in [-0.25, -0.2) is 4.39 Å². The number of alkyl halides is 3. The van der Waals surface area contributed by atoms with Gasteiger partial charge in [0.2, 0.25) is 0 Å².